The number of ketones is 1. The van der Waals surface area contributed by atoms with E-state index in [0.29, 0.717) is 0 Å². The first-order valence-electron chi connectivity index (χ1n) is 10.4. The Hall–Kier alpha value is -1.65. The second-order valence-corrected chi connectivity index (χ2v) is 10.2. The standard InChI is InChI=1S/C24H31NOS2/c1-5-6-7-8-9-10-15-25-21(22-13-11-17(2)27-22)16-20(19(4)26)24(25)23-14-12-18(3)28-23/h11-14,16H,5-10,15H2,1-4H3. The third-order valence-corrected chi connectivity index (χ3v) is 7.21. The van der Waals surface area contributed by atoms with Gasteiger partial charge >= 0.3 is 0 Å². The maximum absolute atomic E-state index is 12.5. The first-order valence-corrected chi connectivity index (χ1v) is 12.0. The quantitative estimate of drug-likeness (QED) is 0.243. The number of nitrogens with zero attached hydrogens (tertiary/aromatic N) is 1. The number of thiophene rings is 2. The van der Waals surface area contributed by atoms with Crippen molar-refractivity contribution >= 4 is 28.5 Å². The van der Waals surface area contributed by atoms with Crippen molar-refractivity contribution in [1.29, 1.82) is 0 Å². The molecule has 0 saturated carbocycles. The number of carbonyl (C=O) groups is 1. The Balaban J connectivity index is 1.98. The Labute approximate surface area is 177 Å². The molecule has 0 atom stereocenters. The molecule has 0 spiro atoms. The van der Waals surface area contributed by atoms with Crippen molar-refractivity contribution in [2.75, 3.05) is 0 Å². The zero-order valence-electron chi connectivity index (χ0n) is 17.5. The highest BCUT2D eigenvalue weighted by Crippen LogP contribution is 2.39. The number of unbranched alkanes of at least 4 members (excludes halogenated alkanes) is 5. The lowest BCUT2D eigenvalue weighted by atomic mass is 10.1. The first kappa shape index (κ1) is 21.1. The molecule has 0 aliphatic heterocycles. The van der Waals surface area contributed by atoms with Gasteiger partial charge in [0.15, 0.2) is 5.78 Å². The number of aromatic nitrogens is 1. The average molecular weight is 414 g/mol. The number of hydrogen-bond acceptors (Lipinski definition) is 3. The van der Waals surface area contributed by atoms with E-state index >= 15 is 0 Å². The van der Waals surface area contributed by atoms with Crippen LogP contribution in [0.5, 0.6) is 0 Å². The summed E-state index contributed by atoms with van der Waals surface area (Å²) >= 11 is 3.59. The van der Waals surface area contributed by atoms with Gasteiger partial charge in [0, 0.05) is 21.9 Å². The fraction of sp³-hybridized carbons (Fsp3) is 0.458. The van der Waals surface area contributed by atoms with Crippen LogP contribution in [0.2, 0.25) is 0 Å². The van der Waals surface area contributed by atoms with Crippen molar-refractivity contribution in [3.8, 4) is 21.1 Å². The number of Topliss-reactive ketones (excluding diaryl/α,β-unsaturated/α-hetero) is 1. The van der Waals surface area contributed by atoms with E-state index in [1.54, 1.807) is 18.3 Å². The summed E-state index contributed by atoms with van der Waals surface area (Å²) in [5.41, 5.74) is 3.16. The summed E-state index contributed by atoms with van der Waals surface area (Å²) in [6.45, 7) is 9.19. The fourth-order valence-corrected chi connectivity index (χ4v) is 5.53. The molecule has 3 aromatic heterocycles. The molecule has 150 valence electrons. The monoisotopic (exact) mass is 413 g/mol. The number of hydrogen-bond donors (Lipinski definition) is 0. The predicted molar refractivity (Wildman–Crippen MR) is 124 cm³/mol. The third-order valence-electron chi connectivity index (χ3n) is 5.18. The summed E-state index contributed by atoms with van der Waals surface area (Å²) in [7, 11) is 0. The second kappa shape index (κ2) is 9.71. The fourth-order valence-electron chi connectivity index (χ4n) is 3.70. The Bertz CT molecular complexity index is 928. The summed E-state index contributed by atoms with van der Waals surface area (Å²) in [5, 5.41) is 0. The SMILES string of the molecule is CCCCCCCCn1c(-c2ccc(C)s2)cc(C(C)=O)c1-c1ccc(C)s1. The molecule has 0 saturated heterocycles. The van der Waals surface area contributed by atoms with E-state index in [1.165, 1.54) is 57.3 Å². The topological polar surface area (TPSA) is 22.0 Å². The Kier molecular flexibility index (Phi) is 7.30. The highest BCUT2D eigenvalue weighted by molar-refractivity contribution is 7.15. The van der Waals surface area contributed by atoms with Crippen LogP contribution in [-0.2, 0) is 6.54 Å². The number of rotatable bonds is 10. The van der Waals surface area contributed by atoms with Crippen LogP contribution in [0.15, 0.2) is 30.3 Å². The van der Waals surface area contributed by atoms with Crippen molar-refractivity contribution in [1.82, 2.24) is 4.57 Å². The van der Waals surface area contributed by atoms with E-state index in [0.717, 1.165) is 24.2 Å². The molecule has 3 aromatic rings. The molecule has 0 bridgehead atoms. The van der Waals surface area contributed by atoms with Crippen LogP contribution in [0, 0.1) is 13.8 Å². The van der Waals surface area contributed by atoms with E-state index in [4.69, 9.17) is 0 Å². The Morgan fingerprint density at radius 2 is 1.50 bits per heavy atom. The van der Waals surface area contributed by atoms with Crippen LogP contribution in [0.3, 0.4) is 0 Å². The van der Waals surface area contributed by atoms with Gasteiger partial charge < -0.3 is 4.57 Å². The van der Waals surface area contributed by atoms with Crippen LogP contribution < -0.4 is 0 Å². The molecule has 0 aromatic carbocycles. The van der Waals surface area contributed by atoms with Gasteiger partial charge in [-0.3, -0.25) is 4.79 Å². The minimum Gasteiger partial charge on any atom is -0.339 e. The molecule has 0 unspecified atom stereocenters. The molecule has 3 heterocycles. The summed E-state index contributed by atoms with van der Waals surface area (Å²) in [6, 6.07) is 10.8. The van der Waals surface area contributed by atoms with Crippen LogP contribution in [0.25, 0.3) is 21.1 Å². The van der Waals surface area contributed by atoms with Crippen LogP contribution >= 0.6 is 22.7 Å². The van der Waals surface area contributed by atoms with Gasteiger partial charge in [0.1, 0.15) is 0 Å². The van der Waals surface area contributed by atoms with E-state index in [9.17, 15) is 4.79 Å². The maximum atomic E-state index is 12.5. The molecule has 4 heteroatoms. The normalized spacial score (nSPS) is 11.3. The lowest BCUT2D eigenvalue weighted by Gasteiger charge is -2.13. The van der Waals surface area contributed by atoms with E-state index in [1.807, 2.05) is 11.3 Å². The molecule has 2 nitrogen and oxygen atoms in total. The molecule has 28 heavy (non-hydrogen) atoms. The molecule has 0 N–H and O–H groups in total. The molecular formula is C24H31NOS2. The molecule has 0 amide bonds. The molecule has 3 rings (SSSR count). The van der Waals surface area contributed by atoms with Gasteiger partial charge in [0.25, 0.3) is 0 Å². The average Bonchev–Trinajstić information content (AvgIpc) is 3.36. The lowest BCUT2D eigenvalue weighted by Crippen LogP contribution is -2.03. The second-order valence-electron chi connectivity index (χ2n) is 7.59. The van der Waals surface area contributed by atoms with Gasteiger partial charge in [-0.15, -0.1) is 22.7 Å². The van der Waals surface area contributed by atoms with Crippen molar-refractivity contribution in [2.45, 2.75) is 72.8 Å². The van der Waals surface area contributed by atoms with Crippen LogP contribution in [-0.4, -0.2) is 10.4 Å². The van der Waals surface area contributed by atoms with Gasteiger partial charge in [0.2, 0.25) is 0 Å². The van der Waals surface area contributed by atoms with E-state index in [2.05, 4.69) is 55.7 Å². The van der Waals surface area contributed by atoms with Gasteiger partial charge in [-0.05, 0) is 57.5 Å². The Morgan fingerprint density at radius 1 is 0.893 bits per heavy atom. The van der Waals surface area contributed by atoms with Crippen LogP contribution in [0.4, 0.5) is 0 Å². The summed E-state index contributed by atoms with van der Waals surface area (Å²) in [5.74, 6) is 0.150. The van der Waals surface area contributed by atoms with Crippen molar-refractivity contribution in [3.63, 3.8) is 0 Å². The lowest BCUT2D eigenvalue weighted by molar-refractivity contribution is 0.101. The van der Waals surface area contributed by atoms with Crippen molar-refractivity contribution in [3.05, 3.63) is 45.6 Å². The predicted octanol–water partition coefficient (Wildman–Crippen LogP) is 8.13. The molecular weight excluding hydrogens is 382 g/mol. The molecule has 0 fully saturated rings. The Morgan fingerprint density at radius 3 is 2.07 bits per heavy atom. The highest BCUT2D eigenvalue weighted by Gasteiger charge is 2.22. The maximum Gasteiger partial charge on any atom is 0.162 e. The zero-order chi connectivity index (χ0) is 20.1. The minimum atomic E-state index is 0.150. The minimum absolute atomic E-state index is 0.150. The van der Waals surface area contributed by atoms with Crippen molar-refractivity contribution < 1.29 is 4.79 Å². The van der Waals surface area contributed by atoms with E-state index < -0.39 is 0 Å². The summed E-state index contributed by atoms with van der Waals surface area (Å²) in [4.78, 5) is 17.5. The van der Waals surface area contributed by atoms with Gasteiger partial charge in [-0.2, -0.15) is 0 Å². The summed E-state index contributed by atoms with van der Waals surface area (Å²) < 4.78 is 2.41. The summed E-state index contributed by atoms with van der Waals surface area (Å²) in [6.07, 6.45) is 7.65. The number of carbonyl (C=O) groups excluding carboxylic acids is 1. The largest absolute Gasteiger partial charge is 0.339 e. The molecule has 0 aliphatic carbocycles. The van der Waals surface area contributed by atoms with Gasteiger partial charge in [0.05, 0.1) is 21.1 Å². The van der Waals surface area contributed by atoms with Gasteiger partial charge in [-0.1, -0.05) is 39.0 Å². The number of aryl methyl sites for hydroxylation is 2. The molecule has 0 aliphatic rings. The zero-order valence-corrected chi connectivity index (χ0v) is 19.1. The smallest absolute Gasteiger partial charge is 0.162 e. The van der Waals surface area contributed by atoms with E-state index in [-0.39, 0.29) is 5.78 Å². The third kappa shape index (κ3) is 4.84. The van der Waals surface area contributed by atoms with Crippen LogP contribution in [0.1, 0.15) is 72.5 Å². The van der Waals surface area contributed by atoms with Gasteiger partial charge in [-0.25, -0.2) is 0 Å². The van der Waals surface area contributed by atoms with Crippen molar-refractivity contribution in [2.24, 2.45) is 0 Å². The highest BCUT2D eigenvalue weighted by atomic mass is 32.1. The first-order chi connectivity index (χ1) is 13.5. The molecule has 0 radical (unpaired) electrons.